The summed E-state index contributed by atoms with van der Waals surface area (Å²) in [5.74, 6) is -0.816. The minimum Gasteiger partial charge on any atom is -0.480 e. The minimum absolute atomic E-state index is 0.0195. The molecular weight excluding hydrogens is 230 g/mol. The number of rotatable bonds is 8. The van der Waals surface area contributed by atoms with Gasteiger partial charge in [0.2, 0.25) is 0 Å². The highest BCUT2D eigenvalue weighted by atomic mass is 16.5. The van der Waals surface area contributed by atoms with Gasteiger partial charge in [0.05, 0.1) is 6.10 Å². The Kier molecular flexibility index (Phi) is 6.22. The lowest BCUT2D eigenvalue weighted by Crippen LogP contribution is -2.31. The molecule has 4 nitrogen and oxygen atoms in total. The van der Waals surface area contributed by atoms with Gasteiger partial charge in [0, 0.05) is 18.8 Å². The molecule has 0 saturated carbocycles. The summed E-state index contributed by atoms with van der Waals surface area (Å²) < 4.78 is 5.46. The van der Waals surface area contributed by atoms with Crippen molar-refractivity contribution in [1.29, 1.82) is 0 Å². The van der Waals surface area contributed by atoms with E-state index in [1.807, 2.05) is 49.1 Å². The van der Waals surface area contributed by atoms with Crippen LogP contribution in [0.3, 0.4) is 0 Å². The number of ether oxygens (including phenoxy) is 1. The molecular formula is C14H21NO3. The molecule has 0 amide bonds. The van der Waals surface area contributed by atoms with Crippen molar-refractivity contribution < 1.29 is 14.6 Å². The highest BCUT2D eigenvalue weighted by Crippen LogP contribution is 2.13. The lowest BCUT2D eigenvalue weighted by molar-refractivity contribution is -0.135. The van der Waals surface area contributed by atoms with Crippen LogP contribution >= 0.6 is 0 Å². The number of nitrogens with zero attached hydrogens (tertiary/aromatic N) is 1. The molecule has 1 aromatic carbocycles. The smallest absolute Gasteiger partial charge is 0.323 e. The predicted octanol–water partition coefficient (Wildman–Crippen LogP) is 2.39. The summed E-state index contributed by atoms with van der Waals surface area (Å²) in [7, 11) is 0. The van der Waals surface area contributed by atoms with Crippen molar-refractivity contribution in [3.63, 3.8) is 0 Å². The van der Waals surface area contributed by atoms with Gasteiger partial charge in [-0.15, -0.1) is 0 Å². The van der Waals surface area contributed by atoms with Gasteiger partial charge in [-0.2, -0.15) is 0 Å². The largest absolute Gasteiger partial charge is 0.480 e. The van der Waals surface area contributed by atoms with E-state index in [1.54, 1.807) is 0 Å². The van der Waals surface area contributed by atoms with E-state index in [0.717, 1.165) is 12.1 Å². The quantitative estimate of drug-likeness (QED) is 0.721. The van der Waals surface area contributed by atoms with Crippen LogP contribution in [0.4, 0.5) is 5.69 Å². The van der Waals surface area contributed by atoms with Gasteiger partial charge in [-0.3, -0.25) is 4.79 Å². The molecule has 0 spiro atoms. The van der Waals surface area contributed by atoms with Crippen LogP contribution in [0.15, 0.2) is 30.3 Å². The summed E-state index contributed by atoms with van der Waals surface area (Å²) in [4.78, 5) is 12.7. The lowest BCUT2D eigenvalue weighted by atomic mass is 10.2. The summed E-state index contributed by atoms with van der Waals surface area (Å²) in [6.45, 7) is 5.34. The van der Waals surface area contributed by atoms with Crippen LogP contribution in [0.5, 0.6) is 0 Å². The Labute approximate surface area is 108 Å². The fourth-order valence-electron chi connectivity index (χ4n) is 1.68. The van der Waals surface area contributed by atoms with Gasteiger partial charge in [-0.1, -0.05) is 18.2 Å². The van der Waals surface area contributed by atoms with E-state index < -0.39 is 5.97 Å². The molecule has 0 radical (unpaired) electrons. The van der Waals surface area contributed by atoms with Crippen LogP contribution in [0.25, 0.3) is 0 Å². The number of hydrogen-bond acceptors (Lipinski definition) is 3. The van der Waals surface area contributed by atoms with E-state index in [2.05, 4.69) is 0 Å². The first kappa shape index (κ1) is 14.5. The van der Waals surface area contributed by atoms with Crippen LogP contribution in [0, 0.1) is 0 Å². The van der Waals surface area contributed by atoms with Crippen LogP contribution in [-0.4, -0.2) is 36.9 Å². The molecule has 0 heterocycles. The van der Waals surface area contributed by atoms with E-state index >= 15 is 0 Å². The van der Waals surface area contributed by atoms with Crippen molar-refractivity contribution in [3.8, 4) is 0 Å². The van der Waals surface area contributed by atoms with Crippen LogP contribution in [-0.2, 0) is 9.53 Å². The maximum Gasteiger partial charge on any atom is 0.323 e. The fourth-order valence-corrected chi connectivity index (χ4v) is 1.68. The maximum absolute atomic E-state index is 10.9. The van der Waals surface area contributed by atoms with Crippen molar-refractivity contribution in [2.45, 2.75) is 26.4 Å². The van der Waals surface area contributed by atoms with Gasteiger partial charge < -0.3 is 14.7 Å². The Bertz CT molecular complexity index is 351. The number of para-hydroxylation sites is 1. The second-order valence-electron chi connectivity index (χ2n) is 4.42. The Balaban J connectivity index is 2.49. The molecule has 1 N–H and O–H groups in total. The standard InChI is InChI=1S/C14H21NO3/c1-12(2)18-10-6-9-15(11-14(16)17)13-7-4-3-5-8-13/h3-5,7-8,12H,6,9-11H2,1-2H3,(H,16,17). The van der Waals surface area contributed by atoms with Gasteiger partial charge >= 0.3 is 5.97 Å². The molecule has 1 rings (SSSR count). The van der Waals surface area contributed by atoms with Gasteiger partial charge in [-0.25, -0.2) is 0 Å². The zero-order chi connectivity index (χ0) is 13.4. The van der Waals surface area contributed by atoms with Gasteiger partial charge in [0.25, 0.3) is 0 Å². The summed E-state index contributed by atoms with van der Waals surface area (Å²) in [6, 6.07) is 9.59. The molecule has 0 atom stereocenters. The SMILES string of the molecule is CC(C)OCCCN(CC(=O)O)c1ccccc1. The molecule has 18 heavy (non-hydrogen) atoms. The second-order valence-corrected chi connectivity index (χ2v) is 4.42. The first-order chi connectivity index (χ1) is 8.59. The van der Waals surface area contributed by atoms with Crippen molar-refractivity contribution in [3.05, 3.63) is 30.3 Å². The number of hydrogen-bond donors (Lipinski definition) is 1. The van der Waals surface area contributed by atoms with E-state index in [1.165, 1.54) is 0 Å². The van der Waals surface area contributed by atoms with E-state index in [0.29, 0.717) is 13.2 Å². The Morgan fingerprint density at radius 2 is 2.00 bits per heavy atom. The van der Waals surface area contributed by atoms with E-state index in [4.69, 9.17) is 9.84 Å². The third-order valence-electron chi connectivity index (χ3n) is 2.47. The van der Waals surface area contributed by atoms with Gasteiger partial charge in [0.15, 0.2) is 0 Å². The average Bonchev–Trinajstić information content (AvgIpc) is 2.33. The number of carbonyl (C=O) groups is 1. The molecule has 0 fully saturated rings. The summed E-state index contributed by atoms with van der Waals surface area (Å²) in [5.41, 5.74) is 0.935. The summed E-state index contributed by atoms with van der Waals surface area (Å²) in [6.07, 6.45) is 1.04. The number of anilines is 1. The Morgan fingerprint density at radius 1 is 1.33 bits per heavy atom. The number of benzene rings is 1. The Morgan fingerprint density at radius 3 is 2.56 bits per heavy atom. The second kappa shape index (κ2) is 7.71. The highest BCUT2D eigenvalue weighted by Gasteiger charge is 2.09. The van der Waals surface area contributed by atoms with E-state index in [-0.39, 0.29) is 12.6 Å². The molecule has 0 aliphatic rings. The zero-order valence-electron chi connectivity index (χ0n) is 11.0. The molecule has 100 valence electrons. The average molecular weight is 251 g/mol. The first-order valence-corrected chi connectivity index (χ1v) is 6.23. The van der Waals surface area contributed by atoms with Crippen molar-refractivity contribution in [2.75, 3.05) is 24.6 Å². The van der Waals surface area contributed by atoms with Gasteiger partial charge in [-0.05, 0) is 32.4 Å². The molecule has 1 aromatic rings. The number of aliphatic carboxylic acids is 1. The van der Waals surface area contributed by atoms with Crippen molar-refractivity contribution in [2.24, 2.45) is 0 Å². The van der Waals surface area contributed by atoms with E-state index in [9.17, 15) is 4.79 Å². The maximum atomic E-state index is 10.9. The van der Waals surface area contributed by atoms with Crippen LogP contribution in [0.2, 0.25) is 0 Å². The fraction of sp³-hybridized carbons (Fsp3) is 0.500. The molecule has 0 aromatic heterocycles. The number of carboxylic acid groups (broad SMARTS) is 1. The van der Waals surface area contributed by atoms with Crippen LogP contribution < -0.4 is 4.90 Å². The molecule has 0 aliphatic heterocycles. The molecule has 0 saturated heterocycles. The Hall–Kier alpha value is -1.55. The molecule has 0 aliphatic carbocycles. The number of carboxylic acids is 1. The monoisotopic (exact) mass is 251 g/mol. The zero-order valence-corrected chi connectivity index (χ0v) is 11.0. The third kappa shape index (κ3) is 5.68. The third-order valence-corrected chi connectivity index (χ3v) is 2.47. The van der Waals surface area contributed by atoms with Crippen molar-refractivity contribution in [1.82, 2.24) is 0 Å². The van der Waals surface area contributed by atoms with Gasteiger partial charge in [0.1, 0.15) is 6.54 Å². The summed E-state index contributed by atoms with van der Waals surface area (Å²) >= 11 is 0. The molecule has 4 heteroatoms. The topological polar surface area (TPSA) is 49.8 Å². The van der Waals surface area contributed by atoms with Crippen molar-refractivity contribution >= 4 is 11.7 Å². The first-order valence-electron chi connectivity index (χ1n) is 6.23. The molecule has 0 bridgehead atoms. The lowest BCUT2D eigenvalue weighted by Gasteiger charge is -2.23. The van der Waals surface area contributed by atoms with Crippen LogP contribution in [0.1, 0.15) is 20.3 Å². The molecule has 0 unspecified atom stereocenters. The minimum atomic E-state index is -0.816. The summed E-state index contributed by atoms with van der Waals surface area (Å²) in [5, 5.41) is 8.92. The predicted molar refractivity (Wildman–Crippen MR) is 72.0 cm³/mol. The highest BCUT2D eigenvalue weighted by molar-refractivity contribution is 5.73. The normalized spacial score (nSPS) is 10.6.